The second-order valence-electron chi connectivity index (χ2n) is 6.15. The fraction of sp³-hybridized carbons (Fsp3) is 0.0476. The van der Waals surface area contributed by atoms with Gasteiger partial charge < -0.3 is 15.8 Å². The van der Waals surface area contributed by atoms with Crippen LogP contribution in [-0.4, -0.2) is 29.6 Å². The number of hydrogen-bond donors (Lipinski definition) is 2. The fourth-order valence-electron chi connectivity index (χ4n) is 2.60. The van der Waals surface area contributed by atoms with E-state index < -0.39 is 29.9 Å². The van der Waals surface area contributed by atoms with Gasteiger partial charge in [0.15, 0.2) is 18.2 Å². The van der Waals surface area contributed by atoms with Crippen LogP contribution < -0.4 is 15.8 Å². The Morgan fingerprint density at radius 3 is 2.52 bits per heavy atom. The number of aromatic nitrogens is 1. The van der Waals surface area contributed by atoms with Crippen molar-refractivity contribution in [2.45, 2.75) is 0 Å². The number of rotatable bonds is 7. The molecule has 0 radical (unpaired) electrons. The van der Waals surface area contributed by atoms with E-state index in [1.54, 1.807) is 12.1 Å². The Morgan fingerprint density at radius 1 is 1.13 bits per heavy atom. The highest BCUT2D eigenvalue weighted by Gasteiger charge is 2.18. The first kappa shape index (κ1) is 21.8. The summed E-state index contributed by atoms with van der Waals surface area (Å²) in [5.74, 6) is -2.64. The topological polar surface area (TPSA) is 107 Å². The van der Waals surface area contributed by atoms with Crippen LogP contribution in [0.3, 0.4) is 0 Å². The van der Waals surface area contributed by atoms with Gasteiger partial charge in [-0.05, 0) is 42.5 Å². The summed E-state index contributed by atoms with van der Waals surface area (Å²) < 4.78 is 32.4. The number of nitrogens with one attached hydrogen (secondary N) is 1. The number of carbonyl (C=O) groups is 2. The van der Waals surface area contributed by atoms with Crippen LogP contribution in [0.5, 0.6) is 5.75 Å². The van der Waals surface area contributed by atoms with Crippen LogP contribution in [0.1, 0.15) is 15.9 Å². The number of aliphatic imine (C=N–C) groups is 1. The fourth-order valence-corrected chi connectivity index (χ4v) is 2.77. The van der Waals surface area contributed by atoms with Gasteiger partial charge in [-0.25, -0.2) is 18.8 Å². The highest BCUT2D eigenvalue weighted by Crippen LogP contribution is 2.26. The largest absolute Gasteiger partial charge is 0.483 e. The molecule has 0 bridgehead atoms. The SMILES string of the molecule is NC=Nc1ccc(NC(=O)COc2ccc(Cl)cc2C(=O)c2cc(F)cc(F)c2)cn1. The number of pyridine rings is 1. The Hall–Kier alpha value is -3.85. The lowest BCUT2D eigenvalue weighted by Gasteiger charge is -2.12. The van der Waals surface area contributed by atoms with Gasteiger partial charge in [0.25, 0.3) is 5.91 Å². The second-order valence-corrected chi connectivity index (χ2v) is 6.58. The van der Waals surface area contributed by atoms with E-state index in [0.717, 1.165) is 18.5 Å². The van der Waals surface area contributed by atoms with E-state index in [4.69, 9.17) is 22.1 Å². The molecule has 158 valence electrons. The summed E-state index contributed by atoms with van der Waals surface area (Å²) in [6, 6.07) is 9.71. The molecular formula is C21H15ClF2N4O3. The van der Waals surface area contributed by atoms with Crippen molar-refractivity contribution in [3.8, 4) is 5.75 Å². The van der Waals surface area contributed by atoms with E-state index in [-0.39, 0.29) is 21.9 Å². The van der Waals surface area contributed by atoms with Crippen molar-refractivity contribution in [2.24, 2.45) is 10.7 Å². The number of nitrogens with zero attached hydrogens (tertiary/aromatic N) is 2. The minimum absolute atomic E-state index is 0.0278. The molecule has 0 saturated carbocycles. The molecule has 3 N–H and O–H groups in total. The van der Waals surface area contributed by atoms with Crippen molar-refractivity contribution in [3.05, 3.63) is 82.5 Å². The average molecular weight is 445 g/mol. The lowest BCUT2D eigenvalue weighted by Crippen LogP contribution is -2.21. The molecule has 1 aromatic heterocycles. The summed E-state index contributed by atoms with van der Waals surface area (Å²) in [4.78, 5) is 32.7. The standard InChI is InChI=1S/C21H15ClF2N4O3/c22-13-1-3-18(17(7-13)21(30)12-5-14(23)8-15(24)6-12)31-10-20(29)28-16-2-4-19(26-9-16)27-11-25/h1-9,11H,10H2,(H,28,29)(H2,25,26,27). The van der Waals surface area contributed by atoms with Crippen LogP contribution in [0.4, 0.5) is 20.3 Å². The van der Waals surface area contributed by atoms with Gasteiger partial charge >= 0.3 is 0 Å². The minimum Gasteiger partial charge on any atom is -0.483 e. The maximum atomic E-state index is 13.5. The van der Waals surface area contributed by atoms with Crippen molar-refractivity contribution in [1.29, 1.82) is 0 Å². The Labute approximate surface area is 180 Å². The first-order valence-electron chi connectivity index (χ1n) is 8.79. The molecule has 0 spiro atoms. The molecule has 3 aromatic rings. The molecule has 10 heteroatoms. The van der Waals surface area contributed by atoms with Crippen LogP contribution in [0.25, 0.3) is 0 Å². The summed E-state index contributed by atoms with van der Waals surface area (Å²) in [5.41, 5.74) is 5.31. The van der Waals surface area contributed by atoms with Crippen molar-refractivity contribution in [3.63, 3.8) is 0 Å². The molecule has 0 aliphatic rings. The molecule has 31 heavy (non-hydrogen) atoms. The molecular weight excluding hydrogens is 430 g/mol. The van der Waals surface area contributed by atoms with Crippen LogP contribution in [0.2, 0.25) is 5.02 Å². The number of amides is 1. The number of ketones is 1. The Morgan fingerprint density at radius 2 is 1.87 bits per heavy atom. The second kappa shape index (κ2) is 9.77. The highest BCUT2D eigenvalue weighted by atomic mass is 35.5. The van der Waals surface area contributed by atoms with Gasteiger partial charge in [-0.1, -0.05) is 11.6 Å². The number of carbonyl (C=O) groups excluding carboxylic acids is 2. The minimum atomic E-state index is -0.899. The monoisotopic (exact) mass is 444 g/mol. The summed E-state index contributed by atoms with van der Waals surface area (Å²) in [5, 5.41) is 2.78. The molecule has 0 atom stereocenters. The van der Waals surface area contributed by atoms with Crippen molar-refractivity contribution in [1.82, 2.24) is 4.98 Å². The lowest BCUT2D eigenvalue weighted by atomic mass is 10.0. The first-order chi connectivity index (χ1) is 14.9. The van der Waals surface area contributed by atoms with Crippen LogP contribution in [-0.2, 0) is 4.79 Å². The maximum Gasteiger partial charge on any atom is 0.262 e. The quantitative estimate of drug-likeness (QED) is 0.327. The molecule has 2 aromatic carbocycles. The number of hydrogen-bond acceptors (Lipinski definition) is 5. The molecule has 7 nitrogen and oxygen atoms in total. The normalized spacial score (nSPS) is 10.8. The number of nitrogens with two attached hydrogens (primary N) is 1. The molecule has 1 amide bonds. The third-order valence-electron chi connectivity index (χ3n) is 3.91. The van der Waals surface area contributed by atoms with E-state index in [1.165, 1.54) is 24.4 Å². The van der Waals surface area contributed by atoms with Crippen molar-refractivity contribution < 1.29 is 23.1 Å². The van der Waals surface area contributed by atoms with Gasteiger partial charge in [0.05, 0.1) is 23.8 Å². The first-order valence-corrected chi connectivity index (χ1v) is 9.17. The highest BCUT2D eigenvalue weighted by molar-refractivity contribution is 6.31. The zero-order valence-electron chi connectivity index (χ0n) is 15.8. The Bertz CT molecular complexity index is 1130. The van der Waals surface area contributed by atoms with Gasteiger partial charge in [0.1, 0.15) is 17.4 Å². The van der Waals surface area contributed by atoms with E-state index >= 15 is 0 Å². The predicted octanol–water partition coefficient (Wildman–Crippen LogP) is 3.88. The van der Waals surface area contributed by atoms with Crippen LogP contribution in [0, 0.1) is 11.6 Å². The van der Waals surface area contributed by atoms with Crippen LogP contribution >= 0.6 is 11.6 Å². The predicted molar refractivity (Wildman–Crippen MR) is 112 cm³/mol. The van der Waals surface area contributed by atoms with Crippen molar-refractivity contribution in [2.75, 3.05) is 11.9 Å². The number of ether oxygens (including phenoxy) is 1. The zero-order valence-corrected chi connectivity index (χ0v) is 16.6. The molecule has 3 rings (SSSR count). The van der Waals surface area contributed by atoms with Crippen LogP contribution in [0.15, 0.2) is 59.7 Å². The van der Waals surface area contributed by atoms with Gasteiger partial charge in [-0.3, -0.25) is 9.59 Å². The maximum absolute atomic E-state index is 13.5. The summed E-state index contributed by atoms with van der Waals surface area (Å²) in [6.07, 6.45) is 2.48. The Balaban J connectivity index is 1.73. The molecule has 0 fully saturated rings. The summed E-state index contributed by atoms with van der Waals surface area (Å²) in [7, 11) is 0. The molecule has 0 saturated heterocycles. The summed E-state index contributed by atoms with van der Waals surface area (Å²) in [6.45, 7) is -0.442. The Kier molecular flexibility index (Phi) is 6.88. The smallest absolute Gasteiger partial charge is 0.262 e. The lowest BCUT2D eigenvalue weighted by molar-refractivity contribution is -0.118. The summed E-state index contributed by atoms with van der Waals surface area (Å²) >= 11 is 5.96. The van der Waals surface area contributed by atoms with E-state index in [0.29, 0.717) is 17.6 Å². The molecule has 0 aliphatic carbocycles. The third kappa shape index (κ3) is 5.83. The van der Waals surface area contributed by atoms with Crippen molar-refractivity contribution >= 4 is 41.1 Å². The zero-order chi connectivity index (χ0) is 22.4. The average Bonchev–Trinajstić information content (AvgIpc) is 2.73. The number of halogens is 3. The van der Waals surface area contributed by atoms with Gasteiger partial charge in [0, 0.05) is 16.7 Å². The molecule has 0 unspecified atom stereocenters. The number of anilines is 1. The van der Waals surface area contributed by atoms with Gasteiger partial charge in [0.2, 0.25) is 0 Å². The third-order valence-corrected chi connectivity index (χ3v) is 4.14. The van der Waals surface area contributed by atoms with Gasteiger partial charge in [-0.15, -0.1) is 0 Å². The number of benzene rings is 2. The van der Waals surface area contributed by atoms with E-state index in [1.807, 2.05) is 0 Å². The molecule has 0 aliphatic heterocycles. The van der Waals surface area contributed by atoms with Gasteiger partial charge in [-0.2, -0.15) is 0 Å². The van der Waals surface area contributed by atoms with E-state index in [2.05, 4.69) is 15.3 Å². The van der Waals surface area contributed by atoms with E-state index in [9.17, 15) is 18.4 Å². The molecule has 1 heterocycles.